The van der Waals surface area contributed by atoms with Crippen molar-refractivity contribution in [2.75, 3.05) is 21.3 Å². The van der Waals surface area contributed by atoms with E-state index in [1.54, 1.807) is 21.3 Å². The molecule has 0 saturated heterocycles. The first kappa shape index (κ1) is 18.8. The van der Waals surface area contributed by atoms with Gasteiger partial charge in [-0.2, -0.15) is 0 Å². The van der Waals surface area contributed by atoms with Crippen LogP contribution in [-0.2, 0) is 12.8 Å². The zero-order valence-corrected chi connectivity index (χ0v) is 15.4. The second-order valence-electron chi connectivity index (χ2n) is 6.23. The molecule has 0 fully saturated rings. The number of aromatic hydroxyl groups is 2. The number of ether oxygens (including phenoxy) is 3. The molecule has 0 unspecified atom stereocenters. The molecule has 0 aliphatic heterocycles. The smallest absolute Gasteiger partial charge is 0.203 e. The van der Waals surface area contributed by atoms with Crippen molar-refractivity contribution < 1.29 is 24.4 Å². The third kappa shape index (κ3) is 4.10. The summed E-state index contributed by atoms with van der Waals surface area (Å²) in [5, 5.41) is 20.1. The second-order valence-corrected chi connectivity index (χ2v) is 6.23. The molecule has 0 aliphatic carbocycles. The Kier molecular flexibility index (Phi) is 6.02. The predicted molar refractivity (Wildman–Crippen MR) is 97.4 cm³/mol. The fourth-order valence-electron chi connectivity index (χ4n) is 2.86. The summed E-state index contributed by atoms with van der Waals surface area (Å²) >= 11 is 0. The van der Waals surface area contributed by atoms with Gasteiger partial charge in [0.25, 0.3) is 0 Å². The molecule has 0 atom stereocenters. The van der Waals surface area contributed by atoms with Gasteiger partial charge in [0.2, 0.25) is 5.75 Å². The van der Waals surface area contributed by atoms with Crippen molar-refractivity contribution in [3.05, 3.63) is 41.0 Å². The zero-order chi connectivity index (χ0) is 18.6. The zero-order valence-electron chi connectivity index (χ0n) is 15.4. The monoisotopic (exact) mass is 346 g/mol. The lowest BCUT2D eigenvalue weighted by atomic mass is 9.95. The molecule has 0 saturated carbocycles. The maximum atomic E-state index is 10.1. The van der Waals surface area contributed by atoms with Crippen molar-refractivity contribution in [1.82, 2.24) is 0 Å². The maximum Gasteiger partial charge on any atom is 0.203 e. The van der Waals surface area contributed by atoms with Gasteiger partial charge in [0, 0.05) is 6.07 Å². The van der Waals surface area contributed by atoms with E-state index >= 15 is 0 Å². The van der Waals surface area contributed by atoms with Gasteiger partial charge in [0.15, 0.2) is 11.5 Å². The number of rotatable bonds is 7. The highest BCUT2D eigenvalue weighted by molar-refractivity contribution is 5.54. The molecule has 0 aliphatic rings. The first-order chi connectivity index (χ1) is 11.9. The highest BCUT2D eigenvalue weighted by atomic mass is 16.5. The largest absolute Gasteiger partial charge is 0.508 e. The van der Waals surface area contributed by atoms with E-state index in [9.17, 15) is 10.2 Å². The normalized spacial score (nSPS) is 10.8. The molecule has 0 heterocycles. The van der Waals surface area contributed by atoms with E-state index in [-0.39, 0.29) is 17.4 Å². The summed E-state index contributed by atoms with van der Waals surface area (Å²) in [7, 11) is 4.74. The van der Waals surface area contributed by atoms with Gasteiger partial charge < -0.3 is 24.4 Å². The Morgan fingerprint density at radius 1 is 0.800 bits per heavy atom. The molecular weight excluding hydrogens is 320 g/mol. The van der Waals surface area contributed by atoms with Crippen LogP contribution in [0.3, 0.4) is 0 Å². The Labute approximate surface area is 148 Å². The van der Waals surface area contributed by atoms with E-state index in [1.807, 2.05) is 32.0 Å². The number of aryl methyl sites for hydroxylation is 2. The van der Waals surface area contributed by atoms with Crippen molar-refractivity contribution in [1.29, 1.82) is 0 Å². The van der Waals surface area contributed by atoms with Crippen LogP contribution in [0.15, 0.2) is 24.3 Å². The molecular formula is C20H26O5. The van der Waals surface area contributed by atoms with E-state index in [0.29, 0.717) is 30.1 Å². The summed E-state index contributed by atoms with van der Waals surface area (Å²) in [4.78, 5) is 0. The minimum absolute atomic E-state index is 0.106. The fourth-order valence-corrected chi connectivity index (χ4v) is 2.86. The van der Waals surface area contributed by atoms with E-state index in [4.69, 9.17) is 14.2 Å². The van der Waals surface area contributed by atoms with Crippen LogP contribution < -0.4 is 14.2 Å². The highest BCUT2D eigenvalue weighted by Crippen LogP contribution is 2.39. The van der Waals surface area contributed by atoms with E-state index in [2.05, 4.69) is 0 Å². The van der Waals surface area contributed by atoms with Gasteiger partial charge in [-0.05, 0) is 53.6 Å². The first-order valence-corrected chi connectivity index (χ1v) is 8.24. The molecule has 0 radical (unpaired) electrons. The second kappa shape index (κ2) is 8.01. The average Bonchev–Trinajstić information content (AvgIpc) is 2.59. The molecule has 25 heavy (non-hydrogen) atoms. The number of phenolic OH excluding ortho intramolecular Hbond substituents is 2. The third-order valence-corrected chi connectivity index (χ3v) is 4.26. The number of benzene rings is 2. The van der Waals surface area contributed by atoms with Crippen LogP contribution in [0, 0.1) is 0 Å². The van der Waals surface area contributed by atoms with Crippen LogP contribution in [0.2, 0.25) is 0 Å². The number of hydrogen-bond donors (Lipinski definition) is 2. The summed E-state index contributed by atoms with van der Waals surface area (Å²) in [6.07, 6.45) is 1.32. The molecule has 0 amide bonds. The molecule has 2 N–H and O–H groups in total. The van der Waals surface area contributed by atoms with Crippen molar-refractivity contribution in [2.45, 2.75) is 32.6 Å². The summed E-state index contributed by atoms with van der Waals surface area (Å²) in [5.74, 6) is 2.19. The quantitative estimate of drug-likeness (QED) is 0.792. The molecule has 2 aromatic carbocycles. The van der Waals surface area contributed by atoms with Gasteiger partial charge in [-0.1, -0.05) is 13.8 Å². The average molecular weight is 346 g/mol. The Balaban J connectivity index is 2.28. The maximum absolute atomic E-state index is 10.1. The number of phenols is 2. The van der Waals surface area contributed by atoms with Gasteiger partial charge in [-0.3, -0.25) is 0 Å². The Hall–Kier alpha value is -2.56. The van der Waals surface area contributed by atoms with Crippen molar-refractivity contribution >= 4 is 0 Å². The summed E-state index contributed by atoms with van der Waals surface area (Å²) in [6, 6.07) is 7.09. The molecule has 2 aromatic rings. The predicted octanol–water partition coefficient (Wildman–Crippen LogP) is 4.03. The van der Waals surface area contributed by atoms with Crippen LogP contribution in [0.4, 0.5) is 0 Å². The molecule has 5 nitrogen and oxygen atoms in total. The van der Waals surface area contributed by atoms with Crippen LogP contribution in [-0.4, -0.2) is 31.5 Å². The molecule has 0 spiro atoms. The molecule has 136 valence electrons. The molecule has 2 rings (SSSR count). The van der Waals surface area contributed by atoms with Gasteiger partial charge in [0.1, 0.15) is 11.5 Å². The summed E-state index contributed by atoms with van der Waals surface area (Å²) in [5.41, 5.74) is 2.64. The SMILES string of the molecule is COc1cc(CCc2cc(C(C)C)c(O)cc2O)cc(OC)c1OC. The number of hydrogen-bond acceptors (Lipinski definition) is 5. The lowest BCUT2D eigenvalue weighted by Gasteiger charge is -2.15. The Morgan fingerprint density at radius 2 is 1.40 bits per heavy atom. The summed E-state index contributed by atoms with van der Waals surface area (Å²) in [6.45, 7) is 4.02. The van der Waals surface area contributed by atoms with Crippen LogP contribution >= 0.6 is 0 Å². The lowest BCUT2D eigenvalue weighted by molar-refractivity contribution is 0.324. The highest BCUT2D eigenvalue weighted by Gasteiger charge is 2.15. The van der Waals surface area contributed by atoms with E-state index in [1.165, 1.54) is 6.07 Å². The standard InChI is InChI=1S/C20H26O5/c1-12(2)15-10-14(16(21)11-17(15)22)7-6-13-8-18(23-3)20(25-5)19(9-13)24-4/h8-12,21-22H,6-7H2,1-5H3. The minimum Gasteiger partial charge on any atom is -0.508 e. The Morgan fingerprint density at radius 3 is 1.88 bits per heavy atom. The fraction of sp³-hybridized carbons (Fsp3) is 0.400. The van der Waals surface area contributed by atoms with E-state index in [0.717, 1.165) is 16.7 Å². The molecule has 0 aromatic heterocycles. The van der Waals surface area contributed by atoms with Gasteiger partial charge in [0.05, 0.1) is 21.3 Å². The van der Waals surface area contributed by atoms with Gasteiger partial charge in [-0.25, -0.2) is 0 Å². The van der Waals surface area contributed by atoms with E-state index < -0.39 is 0 Å². The first-order valence-electron chi connectivity index (χ1n) is 8.24. The van der Waals surface area contributed by atoms with Crippen LogP contribution in [0.5, 0.6) is 28.7 Å². The van der Waals surface area contributed by atoms with Crippen molar-refractivity contribution in [2.24, 2.45) is 0 Å². The van der Waals surface area contributed by atoms with Crippen LogP contribution in [0.25, 0.3) is 0 Å². The molecule has 5 heteroatoms. The van der Waals surface area contributed by atoms with Gasteiger partial charge in [-0.15, -0.1) is 0 Å². The van der Waals surface area contributed by atoms with Crippen molar-refractivity contribution in [3.8, 4) is 28.7 Å². The minimum atomic E-state index is 0.106. The molecule has 0 bridgehead atoms. The van der Waals surface area contributed by atoms with Gasteiger partial charge >= 0.3 is 0 Å². The summed E-state index contributed by atoms with van der Waals surface area (Å²) < 4.78 is 16.1. The van der Waals surface area contributed by atoms with Crippen molar-refractivity contribution in [3.63, 3.8) is 0 Å². The third-order valence-electron chi connectivity index (χ3n) is 4.26. The topological polar surface area (TPSA) is 68.2 Å². The Bertz CT molecular complexity index is 712. The lowest BCUT2D eigenvalue weighted by Crippen LogP contribution is -1.99. The number of methoxy groups -OCH3 is 3. The van der Waals surface area contributed by atoms with Crippen LogP contribution in [0.1, 0.15) is 36.5 Å².